The maximum absolute atomic E-state index is 12.4. The van der Waals surface area contributed by atoms with E-state index in [1.165, 1.54) is 0 Å². The number of anilines is 1. The van der Waals surface area contributed by atoms with Gasteiger partial charge < -0.3 is 5.73 Å². The van der Waals surface area contributed by atoms with E-state index < -0.39 is 5.91 Å². The number of hydrogen-bond acceptors (Lipinski definition) is 3. The largest absolute Gasteiger partial charge is 0.322 e. The molecule has 0 spiro atoms. The van der Waals surface area contributed by atoms with Gasteiger partial charge in [-0.1, -0.05) is 36.4 Å². The monoisotopic (exact) mass is 254 g/mol. The normalized spacial score (nSPS) is 9.95. The molecule has 0 aliphatic rings. The van der Waals surface area contributed by atoms with E-state index in [4.69, 9.17) is 5.73 Å². The van der Waals surface area contributed by atoms with Crippen LogP contribution in [-0.2, 0) is 4.79 Å². The Morgan fingerprint density at radius 2 is 1.42 bits per heavy atom. The van der Waals surface area contributed by atoms with Gasteiger partial charge >= 0.3 is 0 Å². The molecule has 19 heavy (non-hydrogen) atoms. The molecule has 0 atom stereocenters. The number of imide groups is 1. The van der Waals surface area contributed by atoms with Crippen molar-refractivity contribution in [1.82, 2.24) is 0 Å². The third kappa shape index (κ3) is 2.86. The highest BCUT2D eigenvalue weighted by Gasteiger charge is 2.23. The topological polar surface area (TPSA) is 63.4 Å². The molecule has 2 aromatic rings. The van der Waals surface area contributed by atoms with Crippen LogP contribution in [0.25, 0.3) is 0 Å². The van der Waals surface area contributed by atoms with Gasteiger partial charge in [0.05, 0.1) is 12.2 Å². The van der Waals surface area contributed by atoms with Crippen molar-refractivity contribution in [3.8, 4) is 0 Å². The molecule has 0 saturated carbocycles. The minimum absolute atomic E-state index is 0.215. The van der Waals surface area contributed by atoms with Crippen LogP contribution in [0.1, 0.15) is 10.4 Å². The number of rotatable bonds is 3. The third-order valence-corrected chi connectivity index (χ3v) is 2.66. The van der Waals surface area contributed by atoms with Crippen molar-refractivity contribution in [2.45, 2.75) is 0 Å². The van der Waals surface area contributed by atoms with Gasteiger partial charge in [-0.15, -0.1) is 0 Å². The summed E-state index contributed by atoms with van der Waals surface area (Å²) in [5, 5.41) is 0. The van der Waals surface area contributed by atoms with Gasteiger partial charge in [0.1, 0.15) is 0 Å². The number of para-hydroxylation sites is 1. The van der Waals surface area contributed by atoms with Gasteiger partial charge in [-0.3, -0.25) is 9.59 Å². The quantitative estimate of drug-likeness (QED) is 0.908. The Kier molecular flexibility index (Phi) is 4.05. The summed E-state index contributed by atoms with van der Waals surface area (Å²) in [7, 11) is 0. The van der Waals surface area contributed by atoms with Crippen LogP contribution in [0.4, 0.5) is 5.69 Å². The van der Waals surface area contributed by atoms with E-state index >= 15 is 0 Å². The molecule has 0 unspecified atom stereocenters. The lowest BCUT2D eigenvalue weighted by molar-refractivity contribution is -0.116. The molecule has 96 valence electrons. The van der Waals surface area contributed by atoms with Crippen molar-refractivity contribution in [3.05, 3.63) is 66.2 Å². The van der Waals surface area contributed by atoms with Gasteiger partial charge in [0, 0.05) is 5.56 Å². The fraction of sp³-hybridized carbons (Fsp3) is 0.0667. The molecule has 2 aromatic carbocycles. The number of amides is 2. The molecule has 0 fully saturated rings. The molecule has 0 saturated heterocycles. The zero-order valence-corrected chi connectivity index (χ0v) is 10.3. The lowest BCUT2D eigenvalue weighted by atomic mass is 10.1. The molecular formula is C15H14N2O2. The number of nitrogens with two attached hydrogens (primary N) is 1. The Balaban J connectivity index is 2.40. The fourth-order valence-electron chi connectivity index (χ4n) is 1.75. The van der Waals surface area contributed by atoms with E-state index in [-0.39, 0.29) is 12.5 Å². The maximum atomic E-state index is 12.4. The van der Waals surface area contributed by atoms with Crippen LogP contribution in [0.5, 0.6) is 0 Å². The van der Waals surface area contributed by atoms with E-state index in [1.54, 1.807) is 48.5 Å². The first-order valence-electron chi connectivity index (χ1n) is 5.91. The lowest BCUT2D eigenvalue weighted by Gasteiger charge is -2.20. The molecule has 0 aliphatic heterocycles. The van der Waals surface area contributed by atoms with Crippen LogP contribution in [0.15, 0.2) is 60.7 Å². The summed E-state index contributed by atoms with van der Waals surface area (Å²) in [6, 6.07) is 17.4. The number of benzene rings is 2. The van der Waals surface area contributed by atoms with E-state index in [1.807, 2.05) is 12.1 Å². The minimum atomic E-state index is -0.431. The molecule has 2 amide bonds. The van der Waals surface area contributed by atoms with Gasteiger partial charge in [0.25, 0.3) is 5.91 Å². The van der Waals surface area contributed by atoms with E-state index in [2.05, 4.69) is 0 Å². The highest BCUT2D eigenvalue weighted by molar-refractivity contribution is 6.21. The van der Waals surface area contributed by atoms with E-state index in [0.29, 0.717) is 11.3 Å². The van der Waals surface area contributed by atoms with Crippen molar-refractivity contribution in [1.29, 1.82) is 0 Å². The fourth-order valence-corrected chi connectivity index (χ4v) is 1.75. The number of carbonyl (C=O) groups excluding carboxylic acids is 2. The molecule has 0 heterocycles. The zero-order chi connectivity index (χ0) is 13.7. The van der Waals surface area contributed by atoms with Crippen LogP contribution in [0.2, 0.25) is 0 Å². The third-order valence-electron chi connectivity index (χ3n) is 2.66. The Morgan fingerprint density at radius 3 is 1.95 bits per heavy atom. The van der Waals surface area contributed by atoms with E-state index in [0.717, 1.165) is 4.90 Å². The number of nitrogens with zero attached hydrogens (tertiary/aromatic N) is 1. The van der Waals surface area contributed by atoms with Crippen molar-refractivity contribution in [2.75, 3.05) is 11.4 Å². The summed E-state index contributed by atoms with van der Waals surface area (Å²) < 4.78 is 0. The first-order chi connectivity index (χ1) is 9.24. The summed E-state index contributed by atoms with van der Waals surface area (Å²) >= 11 is 0. The van der Waals surface area contributed by atoms with E-state index in [9.17, 15) is 9.59 Å². The van der Waals surface area contributed by atoms with Crippen LogP contribution in [-0.4, -0.2) is 18.4 Å². The Morgan fingerprint density at radius 1 is 0.895 bits per heavy atom. The molecule has 2 rings (SSSR count). The Labute approximate surface area is 111 Å². The standard InChI is InChI=1S/C15H14N2O2/c16-11-14(18)17(13-9-5-2-6-10-13)15(19)12-7-3-1-4-8-12/h1-10H,11,16H2. The maximum Gasteiger partial charge on any atom is 0.265 e. The summed E-state index contributed by atoms with van der Waals surface area (Å²) in [4.78, 5) is 25.4. The van der Waals surface area contributed by atoms with Crippen molar-refractivity contribution >= 4 is 17.5 Å². The molecular weight excluding hydrogens is 240 g/mol. The van der Waals surface area contributed by atoms with Gasteiger partial charge in [0.15, 0.2) is 0 Å². The summed E-state index contributed by atoms with van der Waals surface area (Å²) in [6.45, 7) is -0.215. The molecule has 4 heteroatoms. The predicted molar refractivity (Wildman–Crippen MR) is 73.8 cm³/mol. The van der Waals surface area contributed by atoms with Crippen LogP contribution < -0.4 is 10.6 Å². The summed E-state index contributed by atoms with van der Waals surface area (Å²) in [5.41, 5.74) is 6.35. The van der Waals surface area contributed by atoms with Gasteiger partial charge in [-0.25, -0.2) is 4.90 Å². The molecule has 0 bridgehead atoms. The van der Waals surface area contributed by atoms with Crippen molar-refractivity contribution < 1.29 is 9.59 Å². The summed E-state index contributed by atoms with van der Waals surface area (Å²) in [6.07, 6.45) is 0. The molecule has 4 nitrogen and oxygen atoms in total. The zero-order valence-electron chi connectivity index (χ0n) is 10.3. The van der Waals surface area contributed by atoms with Crippen LogP contribution in [0, 0.1) is 0 Å². The highest BCUT2D eigenvalue weighted by atomic mass is 16.2. The Hall–Kier alpha value is -2.46. The lowest BCUT2D eigenvalue weighted by Crippen LogP contribution is -2.40. The second-order valence-corrected chi connectivity index (χ2v) is 3.94. The smallest absolute Gasteiger partial charge is 0.265 e. The molecule has 0 radical (unpaired) electrons. The van der Waals surface area contributed by atoms with Gasteiger partial charge in [-0.05, 0) is 24.3 Å². The Bertz CT molecular complexity index is 567. The van der Waals surface area contributed by atoms with Crippen LogP contribution in [0.3, 0.4) is 0 Å². The summed E-state index contributed by atoms with van der Waals surface area (Å²) in [5.74, 6) is -0.803. The van der Waals surface area contributed by atoms with Crippen LogP contribution >= 0.6 is 0 Å². The highest BCUT2D eigenvalue weighted by Crippen LogP contribution is 2.16. The second kappa shape index (κ2) is 5.93. The minimum Gasteiger partial charge on any atom is -0.322 e. The van der Waals surface area contributed by atoms with Crippen molar-refractivity contribution in [2.24, 2.45) is 5.73 Å². The number of carbonyl (C=O) groups is 2. The molecule has 2 N–H and O–H groups in total. The first-order valence-corrected chi connectivity index (χ1v) is 5.91. The average Bonchev–Trinajstić information content (AvgIpc) is 2.49. The number of hydrogen-bond donors (Lipinski definition) is 1. The molecule has 0 aromatic heterocycles. The van der Waals surface area contributed by atoms with Gasteiger partial charge in [0.2, 0.25) is 5.91 Å². The van der Waals surface area contributed by atoms with Gasteiger partial charge in [-0.2, -0.15) is 0 Å². The second-order valence-electron chi connectivity index (χ2n) is 3.94. The first kappa shape index (κ1) is 13.0. The SMILES string of the molecule is NCC(=O)N(C(=O)c1ccccc1)c1ccccc1. The average molecular weight is 254 g/mol. The molecule has 0 aliphatic carbocycles. The predicted octanol–water partition coefficient (Wildman–Crippen LogP) is 1.82. The van der Waals surface area contributed by atoms with Crippen molar-refractivity contribution in [3.63, 3.8) is 0 Å².